The molecule has 0 unspecified atom stereocenters. The molecule has 0 atom stereocenters. The number of ketones is 1. The first-order chi connectivity index (χ1) is 9.55. The fraction of sp³-hybridized carbons (Fsp3) is 0.333. The molecule has 0 spiro atoms. The summed E-state index contributed by atoms with van der Waals surface area (Å²) in [4.78, 5) is 18.0. The molecular weight excluding hydrogens is 274 g/mol. The second-order valence-corrected chi connectivity index (χ2v) is 5.70. The van der Waals surface area contributed by atoms with E-state index in [-0.39, 0.29) is 12.2 Å². The molecular formula is C15H17NO3S. The first-order valence-corrected chi connectivity index (χ1v) is 7.05. The van der Waals surface area contributed by atoms with Crippen LogP contribution in [-0.2, 0) is 6.42 Å². The number of Topliss-reactive ketones (excluding diaryl/α,β-unsaturated/α-hetero) is 1. The molecule has 0 bridgehead atoms. The van der Waals surface area contributed by atoms with E-state index in [1.165, 1.54) is 0 Å². The Morgan fingerprint density at radius 3 is 2.55 bits per heavy atom. The van der Waals surface area contributed by atoms with Crippen LogP contribution in [0.3, 0.4) is 0 Å². The summed E-state index contributed by atoms with van der Waals surface area (Å²) in [5.41, 5.74) is 1.51. The number of carbonyl (C=O) groups excluding carboxylic acids is 1. The first-order valence-electron chi connectivity index (χ1n) is 6.23. The SMILES string of the molecule is COc1ccc(OC)c(C(=O)Cc2nc(C)c(C)s2)c1. The summed E-state index contributed by atoms with van der Waals surface area (Å²) in [7, 11) is 3.12. The highest BCUT2D eigenvalue weighted by Gasteiger charge is 2.16. The maximum atomic E-state index is 12.4. The Hall–Kier alpha value is -1.88. The van der Waals surface area contributed by atoms with Gasteiger partial charge in [-0.1, -0.05) is 0 Å². The van der Waals surface area contributed by atoms with E-state index in [1.807, 2.05) is 13.8 Å². The summed E-state index contributed by atoms with van der Waals surface area (Å²) in [6.45, 7) is 3.96. The third-order valence-electron chi connectivity index (χ3n) is 3.09. The van der Waals surface area contributed by atoms with Gasteiger partial charge in [-0.3, -0.25) is 4.79 Å². The molecule has 5 heteroatoms. The summed E-state index contributed by atoms with van der Waals surface area (Å²) in [6, 6.07) is 5.21. The number of rotatable bonds is 5. The van der Waals surface area contributed by atoms with Crippen molar-refractivity contribution in [3.63, 3.8) is 0 Å². The van der Waals surface area contributed by atoms with Crippen LogP contribution < -0.4 is 9.47 Å². The zero-order chi connectivity index (χ0) is 14.7. The zero-order valence-corrected chi connectivity index (χ0v) is 12.8. The van der Waals surface area contributed by atoms with Crippen molar-refractivity contribution in [3.05, 3.63) is 39.3 Å². The lowest BCUT2D eigenvalue weighted by Gasteiger charge is -2.08. The van der Waals surface area contributed by atoms with Gasteiger partial charge in [0.15, 0.2) is 5.78 Å². The first kappa shape index (κ1) is 14.5. The van der Waals surface area contributed by atoms with Crippen molar-refractivity contribution in [2.24, 2.45) is 0 Å². The largest absolute Gasteiger partial charge is 0.497 e. The Labute approximate surface area is 122 Å². The molecule has 0 fully saturated rings. The topological polar surface area (TPSA) is 48.4 Å². The average molecular weight is 291 g/mol. The van der Waals surface area contributed by atoms with E-state index in [4.69, 9.17) is 9.47 Å². The van der Waals surface area contributed by atoms with Crippen LogP contribution in [0.15, 0.2) is 18.2 Å². The number of thiazole rings is 1. The predicted molar refractivity (Wildman–Crippen MR) is 79.2 cm³/mol. The molecule has 1 heterocycles. The second kappa shape index (κ2) is 6.05. The summed E-state index contributed by atoms with van der Waals surface area (Å²) in [5, 5.41) is 0.829. The lowest BCUT2D eigenvalue weighted by atomic mass is 10.1. The number of nitrogens with zero attached hydrogens (tertiary/aromatic N) is 1. The van der Waals surface area contributed by atoms with Gasteiger partial charge in [-0.05, 0) is 32.0 Å². The van der Waals surface area contributed by atoms with Crippen molar-refractivity contribution in [1.82, 2.24) is 4.98 Å². The van der Waals surface area contributed by atoms with E-state index < -0.39 is 0 Å². The van der Waals surface area contributed by atoms with Gasteiger partial charge in [0.1, 0.15) is 16.5 Å². The molecule has 0 saturated carbocycles. The van der Waals surface area contributed by atoms with Gasteiger partial charge in [-0.15, -0.1) is 11.3 Å². The van der Waals surface area contributed by atoms with E-state index in [2.05, 4.69) is 4.98 Å². The Morgan fingerprint density at radius 2 is 2.00 bits per heavy atom. The summed E-state index contributed by atoms with van der Waals surface area (Å²) in [6.07, 6.45) is 0.281. The highest BCUT2D eigenvalue weighted by Crippen LogP contribution is 2.26. The number of ether oxygens (including phenoxy) is 2. The maximum Gasteiger partial charge on any atom is 0.173 e. The fourth-order valence-electron chi connectivity index (χ4n) is 1.88. The van der Waals surface area contributed by atoms with Crippen molar-refractivity contribution in [3.8, 4) is 11.5 Å². The van der Waals surface area contributed by atoms with Gasteiger partial charge in [-0.2, -0.15) is 0 Å². The molecule has 2 aromatic rings. The average Bonchev–Trinajstić information content (AvgIpc) is 2.76. The van der Waals surface area contributed by atoms with Gasteiger partial charge in [-0.25, -0.2) is 4.98 Å². The lowest BCUT2D eigenvalue weighted by Crippen LogP contribution is -2.06. The van der Waals surface area contributed by atoms with Crippen LogP contribution in [0.2, 0.25) is 0 Å². The van der Waals surface area contributed by atoms with E-state index in [0.717, 1.165) is 15.6 Å². The Kier molecular flexibility index (Phi) is 4.39. The molecule has 0 aliphatic carbocycles. The fourth-order valence-corrected chi connectivity index (χ4v) is 2.81. The molecule has 0 radical (unpaired) electrons. The minimum absolute atomic E-state index is 0.0190. The Balaban J connectivity index is 2.28. The van der Waals surface area contributed by atoms with Crippen LogP contribution in [0.5, 0.6) is 11.5 Å². The third-order valence-corrected chi connectivity index (χ3v) is 4.16. The van der Waals surface area contributed by atoms with Crippen molar-refractivity contribution in [1.29, 1.82) is 0 Å². The molecule has 1 aromatic carbocycles. The van der Waals surface area contributed by atoms with Crippen molar-refractivity contribution >= 4 is 17.1 Å². The number of hydrogen-bond donors (Lipinski definition) is 0. The minimum atomic E-state index is -0.0190. The van der Waals surface area contributed by atoms with E-state index in [1.54, 1.807) is 43.8 Å². The number of hydrogen-bond acceptors (Lipinski definition) is 5. The van der Waals surface area contributed by atoms with E-state index >= 15 is 0 Å². The number of aromatic nitrogens is 1. The van der Waals surface area contributed by atoms with Gasteiger partial charge < -0.3 is 9.47 Å². The van der Waals surface area contributed by atoms with Crippen LogP contribution in [0.25, 0.3) is 0 Å². The number of benzene rings is 1. The normalized spacial score (nSPS) is 10.4. The molecule has 106 valence electrons. The van der Waals surface area contributed by atoms with Crippen LogP contribution in [-0.4, -0.2) is 25.0 Å². The van der Waals surface area contributed by atoms with E-state index in [9.17, 15) is 4.79 Å². The molecule has 1 aromatic heterocycles. The standard InChI is InChI=1S/C15H17NO3S/c1-9-10(2)20-15(16-9)8-13(17)12-7-11(18-3)5-6-14(12)19-4/h5-7H,8H2,1-4H3. The smallest absolute Gasteiger partial charge is 0.173 e. The molecule has 0 aliphatic rings. The third kappa shape index (κ3) is 2.99. The summed E-state index contributed by atoms with van der Waals surface area (Å²) in [5.74, 6) is 1.18. The molecule has 0 amide bonds. The van der Waals surface area contributed by atoms with Crippen molar-refractivity contribution < 1.29 is 14.3 Å². The predicted octanol–water partition coefficient (Wildman–Crippen LogP) is 3.20. The Bertz CT molecular complexity index is 615. The molecule has 0 N–H and O–H groups in total. The summed E-state index contributed by atoms with van der Waals surface area (Å²) < 4.78 is 10.4. The Morgan fingerprint density at radius 1 is 1.25 bits per heavy atom. The number of methoxy groups -OCH3 is 2. The van der Waals surface area contributed by atoms with Gasteiger partial charge in [0, 0.05) is 4.88 Å². The minimum Gasteiger partial charge on any atom is -0.497 e. The van der Waals surface area contributed by atoms with Gasteiger partial charge in [0.05, 0.1) is 31.9 Å². The van der Waals surface area contributed by atoms with Crippen molar-refractivity contribution in [2.75, 3.05) is 14.2 Å². The van der Waals surface area contributed by atoms with Crippen LogP contribution in [0.1, 0.15) is 25.9 Å². The molecule has 0 aliphatic heterocycles. The highest BCUT2D eigenvalue weighted by molar-refractivity contribution is 7.11. The second-order valence-electron chi connectivity index (χ2n) is 4.42. The quantitative estimate of drug-likeness (QED) is 0.794. The molecule has 20 heavy (non-hydrogen) atoms. The van der Waals surface area contributed by atoms with Crippen LogP contribution >= 0.6 is 11.3 Å². The highest BCUT2D eigenvalue weighted by atomic mass is 32.1. The number of carbonyl (C=O) groups is 1. The zero-order valence-electron chi connectivity index (χ0n) is 12.0. The maximum absolute atomic E-state index is 12.4. The molecule has 2 rings (SSSR count). The van der Waals surface area contributed by atoms with Gasteiger partial charge >= 0.3 is 0 Å². The van der Waals surface area contributed by atoms with Crippen LogP contribution in [0, 0.1) is 13.8 Å². The van der Waals surface area contributed by atoms with Crippen LogP contribution in [0.4, 0.5) is 0 Å². The van der Waals surface area contributed by atoms with Gasteiger partial charge in [0.25, 0.3) is 0 Å². The summed E-state index contributed by atoms with van der Waals surface area (Å²) >= 11 is 1.56. The van der Waals surface area contributed by atoms with Gasteiger partial charge in [0.2, 0.25) is 0 Å². The monoisotopic (exact) mass is 291 g/mol. The molecule has 0 saturated heterocycles. The van der Waals surface area contributed by atoms with Crippen molar-refractivity contribution in [2.45, 2.75) is 20.3 Å². The lowest BCUT2D eigenvalue weighted by molar-refractivity contribution is 0.0989. The number of aryl methyl sites for hydroxylation is 2. The van der Waals surface area contributed by atoms with E-state index in [0.29, 0.717) is 17.1 Å². The molecule has 4 nitrogen and oxygen atoms in total.